The number of carbonyl (C=O) groups is 1. The lowest BCUT2D eigenvalue weighted by Crippen LogP contribution is -2.24. The van der Waals surface area contributed by atoms with Gasteiger partial charge >= 0.3 is 5.97 Å². The minimum Gasteiger partial charge on any atom is -0.465 e. The van der Waals surface area contributed by atoms with E-state index in [-0.39, 0.29) is 12.0 Å². The summed E-state index contributed by atoms with van der Waals surface area (Å²) in [7, 11) is 1.36. The average molecular weight is 251 g/mol. The zero-order valence-electron chi connectivity index (χ0n) is 11.4. The number of esters is 1. The van der Waals surface area contributed by atoms with Crippen molar-refractivity contribution in [3.63, 3.8) is 0 Å². The van der Waals surface area contributed by atoms with Crippen molar-refractivity contribution in [2.75, 3.05) is 13.7 Å². The Hall–Kier alpha value is -1.55. The van der Waals surface area contributed by atoms with Crippen LogP contribution in [-0.4, -0.2) is 25.7 Å². The summed E-state index contributed by atoms with van der Waals surface area (Å²) in [5.74, 6) is 0.877. The molecule has 1 unspecified atom stereocenters. The summed E-state index contributed by atoms with van der Waals surface area (Å²) in [6.45, 7) is 6.93. The van der Waals surface area contributed by atoms with Crippen molar-refractivity contribution in [1.29, 1.82) is 0 Å². The van der Waals surface area contributed by atoms with E-state index in [2.05, 4.69) is 23.9 Å². The zero-order valence-corrected chi connectivity index (χ0v) is 11.4. The number of rotatable bonds is 6. The molecule has 0 bridgehead atoms. The second kappa shape index (κ2) is 7.01. The number of nitrogens with one attached hydrogen (secondary N) is 1. The van der Waals surface area contributed by atoms with Crippen molar-refractivity contribution >= 4 is 12.0 Å². The molecule has 1 heterocycles. The van der Waals surface area contributed by atoms with Crippen LogP contribution in [-0.2, 0) is 4.74 Å². The number of ether oxygens (including phenoxy) is 1. The minimum absolute atomic E-state index is 0.275. The molecule has 100 valence electrons. The SMILES string of the molecule is CCCNC(C)/C=C/c1cc(C(=O)OC)c(C)o1. The van der Waals surface area contributed by atoms with Crippen LogP contribution in [0.5, 0.6) is 0 Å². The highest BCUT2D eigenvalue weighted by Crippen LogP contribution is 2.16. The molecule has 1 N–H and O–H groups in total. The molecule has 0 aliphatic rings. The molecule has 0 aliphatic carbocycles. The van der Waals surface area contributed by atoms with Gasteiger partial charge in [-0.05, 0) is 39.0 Å². The van der Waals surface area contributed by atoms with Gasteiger partial charge in [0.05, 0.1) is 7.11 Å². The van der Waals surface area contributed by atoms with E-state index >= 15 is 0 Å². The van der Waals surface area contributed by atoms with E-state index in [1.165, 1.54) is 7.11 Å². The highest BCUT2D eigenvalue weighted by atomic mass is 16.5. The van der Waals surface area contributed by atoms with Gasteiger partial charge in [-0.25, -0.2) is 4.79 Å². The molecule has 0 amide bonds. The molecular formula is C14H21NO3. The van der Waals surface area contributed by atoms with Crippen LogP contribution in [0.15, 0.2) is 16.6 Å². The molecule has 1 atom stereocenters. The van der Waals surface area contributed by atoms with Crippen LogP contribution in [0, 0.1) is 6.92 Å². The van der Waals surface area contributed by atoms with Gasteiger partial charge in [-0.3, -0.25) is 0 Å². The van der Waals surface area contributed by atoms with Gasteiger partial charge in [0.15, 0.2) is 0 Å². The minimum atomic E-state index is -0.368. The van der Waals surface area contributed by atoms with Crippen LogP contribution in [0.3, 0.4) is 0 Å². The molecule has 4 heteroatoms. The molecule has 1 aromatic rings. The van der Waals surface area contributed by atoms with Gasteiger partial charge in [0.2, 0.25) is 0 Å². The lowest BCUT2D eigenvalue weighted by molar-refractivity contribution is 0.0599. The third kappa shape index (κ3) is 4.04. The number of furan rings is 1. The van der Waals surface area contributed by atoms with Crippen LogP contribution >= 0.6 is 0 Å². The molecule has 1 aromatic heterocycles. The third-order valence-corrected chi connectivity index (χ3v) is 2.61. The van der Waals surface area contributed by atoms with Crippen molar-refractivity contribution in [2.45, 2.75) is 33.2 Å². The molecule has 0 aromatic carbocycles. The second-order valence-electron chi connectivity index (χ2n) is 4.21. The molecular weight excluding hydrogens is 230 g/mol. The molecule has 0 radical (unpaired) electrons. The quantitative estimate of drug-likeness (QED) is 0.790. The van der Waals surface area contributed by atoms with Crippen molar-refractivity contribution < 1.29 is 13.9 Å². The fourth-order valence-corrected chi connectivity index (χ4v) is 1.58. The van der Waals surface area contributed by atoms with Gasteiger partial charge in [-0.2, -0.15) is 0 Å². The molecule has 0 aliphatic heterocycles. The maximum absolute atomic E-state index is 11.4. The maximum atomic E-state index is 11.4. The first-order valence-corrected chi connectivity index (χ1v) is 6.18. The van der Waals surface area contributed by atoms with E-state index in [0.29, 0.717) is 17.1 Å². The largest absolute Gasteiger partial charge is 0.465 e. The molecule has 0 saturated heterocycles. The van der Waals surface area contributed by atoms with Crippen molar-refractivity contribution in [3.8, 4) is 0 Å². The molecule has 1 rings (SSSR count). The Labute approximate surface area is 108 Å². The first-order chi connectivity index (χ1) is 8.58. The molecule has 0 fully saturated rings. The van der Waals surface area contributed by atoms with E-state index in [0.717, 1.165) is 13.0 Å². The van der Waals surface area contributed by atoms with Gasteiger partial charge in [0.1, 0.15) is 17.1 Å². The average Bonchev–Trinajstić information content (AvgIpc) is 2.74. The predicted octanol–water partition coefficient (Wildman–Crippen LogP) is 2.78. The fourth-order valence-electron chi connectivity index (χ4n) is 1.58. The summed E-state index contributed by atoms with van der Waals surface area (Å²) in [5.41, 5.74) is 0.478. The lowest BCUT2D eigenvalue weighted by atomic mass is 10.2. The number of hydrogen-bond acceptors (Lipinski definition) is 4. The van der Waals surface area contributed by atoms with Crippen molar-refractivity contribution in [1.82, 2.24) is 5.32 Å². The predicted molar refractivity (Wildman–Crippen MR) is 71.6 cm³/mol. The van der Waals surface area contributed by atoms with Crippen LogP contribution in [0.25, 0.3) is 6.08 Å². The van der Waals surface area contributed by atoms with Crippen molar-refractivity contribution in [3.05, 3.63) is 29.2 Å². The topological polar surface area (TPSA) is 51.5 Å². The van der Waals surface area contributed by atoms with Gasteiger partial charge in [0.25, 0.3) is 0 Å². The number of carbonyl (C=O) groups excluding carboxylic acids is 1. The van der Waals surface area contributed by atoms with E-state index in [9.17, 15) is 4.79 Å². The highest BCUT2D eigenvalue weighted by Gasteiger charge is 2.13. The number of hydrogen-bond donors (Lipinski definition) is 1. The zero-order chi connectivity index (χ0) is 13.5. The van der Waals surface area contributed by atoms with Crippen LogP contribution in [0.4, 0.5) is 0 Å². The standard InChI is InChI=1S/C14H21NO3/c1-5-8-15-10(2)6-7-12-9-13(11(3)18-12)14(16)17-4/h6-7,9-10,15H,5,8H2,1-4H3/b7-6+. The van der Waals surface area contributed by atoms with Gasteiger partial charge in [0, 0.05) is 6.04 Å². The summed E-state index contributed by atoms with van der Waals surface area (Å²) in [6.07, 6.45) is 4.98. The number of aryl methyl sites for hydroxylation is 1. The van der Waals surface area contributed by atoms with Crippen LogP contribution in [0.1, 0.15) is 42.1 Å². The molecule has 18 heavy (non-hydrogen) atoms. The van der Waals surface area contributed by atoms with E-state index in [4.69, 9.17) is 4.42 Å². The first-order valence-electron chi connectivity index (χ1n) is 6.18. The summed E-state index contributed by atoms with van der Waals surface area (Å²) in [6, 6.07) is 1.97. The fraction of sp³-hybridized carbons (Fsp3) is 0.500. The maximum Gasteiger partial charge on any atom is 0.341 e. The van der Waals surface area contributed by atoms with E-state index in [1.54, 1.807) is 13.0 Å². The third-order valence-electron chi connectivity index (χ3n) is 2.61. The monoisotopic (exact) mass is 251 g/mol. The second-order valence-corrected chi connectivity index (χ2v) is 4.21. The first kappa shape index (κ1) is 14.5. The highest BCUT2D eigenvalue weighted by molar-refractivity contribution is 5.90. The van der Waals surface area contributed by atoms with Crippen molar-refractivity contribution in [2.24, 2.45) is 0 Å². The summed E-state index contributed by atoms with van der Waals surface area (Å²) in [4.78, 5) is 11.4. The normalized spacial score (nSPS) is 12.9. The summed E-state index contributed by atoms with van der Waals surface area (Å²) in [5, 5.41) is 3.34. The van der Waals surface area contributed by atoms with Crippen LogP contribution < -0.4 is 5.32 Å². The Balaban J connectivity index is 2.68. The Morgan fingerprint density at radius 1 is 1.61 bits per heavy atom. The molecule has 4 nitrogen and oxygen atoms in total. The molecule has 0 spiro atoms. The summed E-state index contributed by atoms with van der Waals surface area (Å²) < 4.78 is 10.2. The van der Waals surface area contributed by atoms with E-state index < -0.39 is 0 Å². The Kier molecular flexibility index (Phi) is 5.65. The van der Waals surface area contributed by atoms with Crippen LogP contribution in [0.2, 0.25) is 0 Å². The summed E-state index contributed by atoms with van der Waals surface area (Å²) >= 11 is 0. The smallest absolute Gasteiger partial charge is 0.341 e. The van der Waals surface area contributed by atoms with E-state index in [1.807, 2.05) is 12.2 Å². The lowest BCUT2D eigenvalue weighted by Gasteiger charge is -2.06. The Morgan fingerprint density at radius 2 is 2.33 bits per heavy atom. The Bertz CT molecular complexity index is 421. The van der Waals surface area contributed by atoms with Gasteiger partial charge in [-0.15, -0.1) is 0 Å². The van der Waals surface area contributed by atoms with Gasteiger partial charge in [-0.1, -0.05) is 13.0 Å². The molecule has 0 saturated carbocycles. The Morgan fingerprint density at radius 3 is 2.94 bits per heavy atom. The van der Waals surface area contributed by atoms with Gasteiger partial charge < -0.3 is 14.5 Å². The number of methoxy groups -OCH3 is 1.